The fourth-order valence-corrected chi connectivity index (χ4v) is 1.39. The van der Waals surface area contributed by atoms with E-state index in [0.29, 0.717) is 0 Å². The zero-order valence-electron chi connectivity index (χ0n) is 7.50. The molecule has 14 heavy (non-hydrogen) atoms. The summed E-state index contributed by atoms with van der Waals surface area (Å²) in [4.78, 5) is 0. The molecule has 1 heterocycles. The second-order valence-corrected chi connectivity index (χ2v) is 5.07. The van der Waals surface area contributed by atoms with Crippen molar-refractivity contribution in [2.45, 2.75) is 10.1 Å². The van der Waals surface area contributed by atoms with Crippen LogP contribution in [0.15, 0.2) is 22.2 Å². The van der Waals surface area contributed by atoms with E-state index in [4.69, 9.17) is 0 Å². The molecule has 0 N–H and O–H groups in total. The fraction of sp³-hybridized carbons (Fsp3) is 0.200. The molecule has 9 heteroatoms. The SMILES string of the molecule is CS(=O)(=O)c1ccc(S(=O)[O-])nn1.[Na+]. The maximum atomic E-state index is 10.9. The van der Waals surface area contributed by atoms with Crippen LogP contribution in [-0.4, -0.2) is 33.6 Å². The molecule has 1 rings (SSSR count). The van der Waals surface area contributed by atoms with Gasteiger partial charge >= 0.3 is 29.6 Å². The molecule has 72 valence electrons. The van der Waals surface area contributed by atoms with E-state index < -0.39 is 20.9 Å². The van der Waals surface area contributed by atoms with Gasteiger partial charge in [-0.25, -0.2) is 8.42 Å². The first-order valence-corrected chi connectivity index (χ1v) is 6.01. The van der Waals surface area contributed by atoms with Gasteiger partial charge in [0.25, 0.3) is 0 Å². The summed E-state index contributed by atoms with van der Waals surface area (Å²) < 4.78 is 42.3. The number of aromatic nitrogens is 2. The molecule has 0 aliphatic carbocycles. The molecule has 0 aliphatic heterocycles. The molecule has 6 nitrogen and oxygen atoms in total. The molecule has 1 aromatic rings. The molecule has 1 atom stereocenters. The number of sulfone groups is 1. The smallest absolute Gasteiger partial charge is 0.767 e. The van der Waals surface area contributed by atoms with Gasteiger partial charge in [0, 0.05) is 6.26 Å². The van der Waals surface area contributed by atoms with E-state index in [1.165, 1.54) is 0 Å². The van der Waals surface area contributed by atoms with Gasteiger partial charge in [0.05, 0.1) is 0 Å². The van der Waals surface area contributed by atoms with Gasteiger partial charge in [0.2, 0.25) is 0 Å². The van der Waals surface area contributed by atoms with Crippen LogP contribution in [0.3, 0.4) is 0 Å². The third-order valence-electron chi connectivity index (χ3n) is 1.17. The average molecular weight is 244 g/mol. The largest absolute Gasteiger partial charge is 1.00 e. The normalized spacial score (nSPS) is 13.0. The number of hydrogen-bond acceptors (Lipinski definition) is 6. The molecular formula is C5H5N2NaO4S2. The van der Waals surface area contributed by atoms with Gasteiger partial charge in [-0.05, 0) is 23.2 Å². The molecule has 1 unspecified atom stereocenters. The second-order valence-electron chi connectivity index (χ2n) is 2.22. The quantitative estimate of drug-likeness (QED) is 0.389. The molecular weight excluding hydrogens is 239 g/mol. The van der Waals surface area contributed by atoms with Gasteiger partial charge in [-0.3, -0.25) is 4.21 Å². The molecule has 0 saturated carbocycles. The maximum absolute atomic E-state index is 10.9. The Hall–Kier alpha value is 0.140. The number of hydrogen-bond donors (Lipinski definition) is 0. The van der Waals surface area contributed by atoms with Crippen LogP contribution in [0, 0.1) is 0 Å². The van der Waals surface area contributed by atoms with Crippen molar-refractivity contribution in [2.24, 2.45) is 0 Å². The standard InChI is InChI=1S/C5H6N2O4S2.Na/c1-13(10,11)5-3-2-4(6-7-5)12(8)9;/h2-3H,1H3,(H,8,9);/q;+1/p-1. The van der Waals surface area contributed by atoms with Gasteiger partial charge < -0.3 is 4.55 Å². The Labute approximate surface area is 106 Å². The van der Waals surface area contributed by atoms with Crippen LogP contribution >= 0.6 is 0 Å². The van der Waals surface area contributed by atoms with Crippen molar-refractivity contribution in [3.8, 4) is 0 Å². The van der Waals surface area contributed by atoms with E-state index in [2.05, 4.69) is 10.2 Å². The Balaban J connectivity index is 0.00000169. The summed E-state index contributed by atoms with van der Waals surface area (Å²) in [6.45, 7) is 0. The summed E-state index contributed by atoms with van der Waals surface area (Å²) in [6, 6.07) is 2.17. The van der Waals surface area contributed by atoms with Gasteiger partial charge in [-0.1, -0.05) is 0 Å². The van der Waals surface area contributed by atoms with Crippen LogP contribution in [0.2, 0.25) is 0 Å². The van der Waals surface area contributed by atoms with Crippen molar-refractivity contribution in [1.82, 2.24) is 10.2 Å². The van der Waals surface area contributed by atoms with E-state index in [9.17, 15) is 17.2 Å². The molecule has 0 amide bonds. The van der Waals surface area contributed by atoms with E-state index in [1.807, 2.05) is 0 Å². The summed E-state index contributed by atoms with van der Waals surface area (Å²) in [6.07, 6.45) is 0.963. The van der Waals surface area contributed by atoms with Crippen LogP contribution in [-0.2, 0) is 20.9 Å². The number of rotatable bonds is 2. The van der Waals surface area contributed by atoms with Crippen molar-refractivity contribution in [2.75, 3.05) is 6.26 Å². The molecule has 0 radical (unpaired) electrons. The Morgan fingerprint density at radius 2 is 1.93 bits per heavy atom. The van der Waals surface area contributed by atoms with Crippen molar-refractivity contribution in [3.63, 3.8) is 0 Å². The Morgan fingerprint density at radius 3 is 2.21 bits per heavy atom. The first-order valence-electron chi connectivity index (χ1n) is 3.04. The maximum Gasteiger partial charge on any atom is 1.00 e. The predicted molar refractivity (Wildman–Crippen MR) is 42.3 cm³/mol. The first kappa shape index (κ1) is 14.1. The van der Waals surface area contributed by atoms with Gasteiger partial charge in [-0.2, -0.15) is 0 Å². The summed E-state index contributed by atoms with van der Waals surface area (Å²) in [5.41, 5.74) is 0. The van der Waals surface area contributed by atoms with Crippen LogP contribution in [0.5, 0.6) is 0 Å². The van der Waals surface area contributed by atoms with Crippen molar-refractivity contribution in [1.29, 1.82) is 0 Å². The minimum atomic E-state index is -3.42. The minimum absolute atomic E-state index is 0. The minimum Gasteiger partial charge on any atom is -0.767 e. The predicted octanol–water partition coefficient (Wildman–Crippen LogP) is -3.88. The van der Waals surface area contributed by atoms with Crippen LogP contribution in [0.4, 0.5) is 0 Å². The van der Waals surface area contributed by atoms with Crippen LogP contribution in [0.25, 0.3) is 0 Å². The Kier molecular flexibility index (Phi) is 5.34. The summed E-state index contributed by atoms with van der Waals surface area (Å²) in [5.74, 6) is 0. The Bertz CT molecular complexity index is 430. The Morgan fingerprint density at radius 1 is 1.36 bits per heavy atom. The summed E-state index contributed by atoms with van der Waals surface area (Å²) in [7, 11) is -3.42. The molecule has 0 aromatic carbocycles. The molecule has 0 spiro atoms. The van der Waals surface area contributed by atoms with Crippen molar-refractivity contribution >= 4 is 20.9 Å². The van der Waals surface area contributed by atoms with E-state index in [1.54, 1.807) is 0 Å². The van der Waals surface area contributed by atoms with Crippen molar-refractivity contribution < 1.29 is 46.7 Å². The molecule has 0 aliphatic rings. The van der Waals surface area contributed by atoms with E-state index >= 15 is 0 Å². The molecule has 0 saturated heterocycles. The zero-order chi connectivity index (χ0) is 10.1. The molecule has 0 fully saturated rings. The summed E-state index contributed by atoms with van der Waals surface area (Å²) in [5, 5.41) is 5.91. The van der Waals surface area contributed by atoms with Gasteiger partial charge in [0.1, 0.15) is 5.03 Å². The third-order valence-corrected chi connectivity index (χ3v) is 2.70. The molecule has 0 bridgehead atoms. The topological polar surface area (TPSA) is 100 Å². The monoisotopic (exact) mass is 244 g/mol. The van der Waals surface area contributed by atoms with Crippen LogP contribution in [0.1, 0.15) is 0 Å². The van der Waals surface area contributed by atoms with E-state index in [-0.39, 0.29) is 39.6 Å². The second kappa shape index (κ2) is 5.29. The van der Waals surface area contributed by atoms with Crippen molar-refractivity contribution in [3.05, 3.63) is 12.1 Å². The first-order chi connectivity index (χ1) is 5.91. The number of nitrogens with zero attached hydrogens (tertiary/aromatic N) is 2. The molecule has 1 aromatic heterocycles. The van der Waals surface area contributed by atoms with E-state index in [0.717, 1.165) is 18.4 Å². The summed E-state index contributed by atoms with van der Waals surface area (Å²) >= 11 is -2.48. The van der Waals surface area contributed by atoms with Gasteiger partial charge in [-0.15, -0.1) is 10.2 Å². The average Bonchev–Trinajstić information content (AvgIpc) is 2.03. The third kappa shape index (κ3) is 3.71. The van der Waals surface area contributed by atoms with Crippen LogP contribution < -0.4 is 29.6 Å². The zero-order valence-corrected chi connectivity index (χ0v) is 11.1. The fourth-order valence-electron chi connectivity index (χ4n) is 0.594. The van der Waals surface area contributed by atoms with Gasteiger partial charge in [0.15, 0.2) is 14.9 Å².